The highest BCUT2D eigenvalue weighted by Crippen LogP contribution is 2.42. The van der Waals surface area contributed by atoms with Crippen molar-refractivity contribution in [2.75, 3.05) is 5.32 Å². The van der Waals surface area contributed by atoms with Crippen molar-refractivity contribution in [2.24, 2.45) is 0 Å². The van der Waals surface area contributed by atoms with E-state index in [9.17, 15) is 9.18 Å². The minimum atomic E-state index is -0.401. The minimum Gasteiger partial charge on any atom is -0.325 e. The maximum Gasteiger partial charge on any atom is 0.228 e. The van der Waals surface area contributed by atoms with Crippen molar-refractivity contribution in [3.05, 3.63) is 62.3 Å². The second-order valence-electron chi connectivity index (χ2n) is 4.75. The van der Waals surface area contributed by atoms with E-state index in [1.165, 1.54) is 6.07 Å². The van der Waals surface area contributed by atoms with Crippen LogP contribution in [0.5, 0.6) is 0 Å². The maximum atomic E-state index is 14.1. The van der Waals surface area contributed by atoms with Crippen LogP contribution in [0.1, 0.15) is 21.5 Å². The summed E-state index contributed by atoms with van der Waals surface area (Å²) in [7, 11) is 0. The SMILES string of the molecule is O=C1Cc2cc(C(Br)c3c(F)cccc3Br)c(Cl)cc2N1. The monoisotopic (exact) mass is 431 g/mol. The van der Waals surface area contributed by atoms with Gasteiger partial charge in [0, 0.05) is 20.7 Å². The number of fused-ring (bicyclic) bond motifs is 1. The van der Waals surface area contributed by atoms with Crippen molar-refractivity contribution in [3.63, 3.8) is 0 Å². The molecule has 1 unspecified atom stereocenters. The van der Waals surface area contributed by atoms with E-state index >= 15 is 0 Å². The Morgan fingerprint density at radius 3 is 2.81 bits per heavy atom. The molecule has 0 spiro atoms. The first kappa shape index (κ1) is 15.0. The van der Waals surface area contributed by atoms with E-state index in [0.717, 1.165) is 16.8 Å². The topological polar surface area (TPSA) is 29.1 Å². The molecule has 0 saturated heterocycles. The van der Waals surface area contributed by atoms with Gasteiger partial charge >= 0.3 is 0 Å². The molecular weight excluding hydrogens is 424 g/mol. The van der Waals surface area contributed by atoms with Gasteiger partial charge in [-0.1, -0.05) is 55.6 Å². The van der Waals surface area contributed by atoms with Crippen LogP contribution in [0.2, 0.25) is 5.02 Å². The number of hydrogen-bond acceptors (Lipinski definition) is 1. The first-order chi connectivity index (χ1) is 9.97. The Bertz CT molecular complexity index is 730. The quantitative estimate of drug-likeness (QED) is 0.647. The maximum absolute atomic E-state index is 14.1. The molecule has 2 nitrogen and oxygen atoms in total. The Morgan fingerprint density at radius 1 is 1.33 bits per heavy atom. The molecule has 0 fully saturated rings. The summed E-state index contributed by atoms with van der Waals surface area (Å²) in [5.41, 5.74) is 2.81. The molecule has 2 aromatic rings. The number of amides is 1. The molecule has 0 aromatic heterocycles. The van der Waals surface area contributed by atoms with Crippen LogP contribution in [-0.4, -0.2) is 5.91 Å². The summed E-state index contributed by atoms with van der Waals surface area (Å²) in [6, 6.07) is 8.36. The van der Waals surface area contributed by atoms with Gasteiger partial charge in [-0.2, -0.15) is 0 Å². The number of rotatable bonds is 2. The first-order valence-corrected chi connectivity index (χ1v) is 8.26. The number of carbonyl (C=O) groups excluding carboxylic acids is 1. The number of anilines is 1. The largest absolute Gasteiger partial charge is 0.325 e. The standard InChI is InChI=1S/C15H9Br2ClFNO/c16-9-2-1-3-11(19)14(9)15(17)8-4-7-5-13(21)20-12(7)6-10(8)18/h1-4,6,15H,5H2,(H,20,21). The summed E-state index contributed by atoms with van der Waals surface area (Å²) < 4.78 is 14.7. The highest BCUT2D eigenvalue weighted by Gasteiger charge is 2.25. The van der Waals surface area contributed by atoms with Gasteiger partial charge in [-0.25, -0.2) is 4.39 Å². The molecular formula is C15H9Br2ClFNO. The molecule has 1 atom stereocenters. The second kappa shape index (κ2) is 5.71. The second-order valence-corrected chi connectivity index (χ2v) is 6.93. The van der Waals surface area contributed by atoms with Gasteiger partial charge in [0.2, 0.25) is 5.91 Å². The third kappa shape index (κ3) is 2.74. The smallest absolute Gasteiger partial charge is 0.228 e. The van der Waals surface area contributed by atoms with E-state index in [1.807, 2.05) is 6.07 Å². The van der Waals surface area contributed by atoms with Crippen molar-refractivity contribution in [2.45, 2.75) is 11.2 Å². The molecule has 0 bridgehead atoms. The Hall–Kier alpha value is -0.910. The molecule has 0 aliphatic carbocycles. The van der Waals surface area contributed by atoms with Crippen molar-refractivity contribution in [3.8, 4) is 0 Å². The highest BCUT2D eigenvalue weighted by atomic mass is 79.9. The van der Waals surface area contributed by atoms with Crippen LogP contribution in [0.25, 0.3) is 0 Å². The van der Waals surface area contributed by atoms with Crippen LogP contribution >= 0.6 is 43.5 Å². The predicted molar refractivity (Wildman–Crippen MR) is 88.7 cm³/mol. The van der Waals surface area contributed by atoms with Gasteiger partial charge in [0.1, 0.15) is 5.82 Å². The molecule has 3 rings (SSSR count). The lowest BCUT2D eigenvalue weighted by atomic mass is 10.0. The zero-order valence-corrected chi connectivity index (χ0v) is 14.5. The number of nitrogens with one attached hydrogen (secondary N) is 1. The van der Waals surface area contributed by atoms with E-state index in [-0.39, 0.29) is 11.7 Å². The van der Waals surface area contributed by atoms with E-state index in [4.69, 9.17) is 11.6 Å². The van der Waals surface area contributed by atoms with E-state index in [2.05, 4.69) is 37.2 Å². The predicted octanol–water partition coefficient (Wildman–Crippen LogP) is 5.22. The lowest BCUT2D eigenvalue weighted by Crippen LogP contribution is -2.03. The molecule has 1 amide bonds. The number of hydrogen-bond donors (Lipinski definition) is 1. The van der Waals surface area contributed by atoms with Crippen LogP contribution < -0.4 is 5.32 Å². The van der Waals surface area contributed by atoms with E-state index in [1.54, 1.807) is 18.2 Å². The molecule has 1 N–H and O–H groups in total. The van der Waals surface area contributed by atoms with Crippen molar-refractivity contribution >= 4 is 55.1 Å². The van der Waals surface area contributed by atoms with Crippen molar-refractivity contribution < 1.29 is 9.18 Å². The van der Waals surface area contributed by atoms with Crippen LogP contribution in [-0.2, 0) is 11.2 Å². The molecule has 1 aliphatic heterocycles. The number of alkyl halides is 1. The zero-order chi connectivity index (χ0) is 15.1. The number of benzene rings is 2. The summed E-state index contributed by atoms with van der Waals surface area (Å²) >= 11 is 13.2. The first-order valence-electron chi connectivity index (χ1n) is 6.17. The van der Waals surface area contributed by atoms with Crippen molar-refractivity contribution in [1.29, 1.82) is 0 Å². The number of carbonyl (C=O) groups is 1. The minimum absolute atomic E-state index is 0.0589. The lowest BCUT2D eigenvalue weighted by molar-refractivity contribution is -0.115. The van der Waals surface area contributed by atoms with Crippen LogP contribution in [0.15, 0.2) is 34.8 Å². The Morgan fingerprint density at radius 2 is 2.10 bits per heavy atom. The third-order valence-corrected chi connectivity index (χ3v) is 5.34. The van der Waals surface area contributed by atoms with Crippen LogP contribution in [0, 0.1) is 5.82 Å². The highest BCUT2D eigenvalue weighted by molar-refractivity contribution is 9.11. The zero-order valence-electron chi connectivity index (χ0n) is 10.6. The third-order valence-electron chi connectivity index (χ3n) is 3.37. The molecule has 1 heterocycles. The van der Waals surface area contributed by atoms with Crippen LogP contribution in [0.4, 0.5) is 10.1 Å². The van der Waals surface area contributed by atoms with Gasteiger partial charge in [-0.15, -0.1) is 0 Å². The summed E-state index contributed by atoms with van der Waals surface area (Å²) in [6.07, 6.45) is 0.317. The summed E-state index contributed by atoms with van der Waals surface area (Å²) in [5.74, 6) is -0.381. The summed E-state index contributed by atoms with van der Waals surface area (Å²) in [5, 5.41) is 3.22. The average Bonchev–Trinajstić information content (AvgIpc) is 2.76. The van der Waals surface area contributed by atoms with Gasteiger partial charge in [0.15, 0.2) is 0 Å². The van der Waals surface area contributed by atoms with Gasteiger partial charge in [-0.3, -0.25) is 4.79 Å². The van der Waals surface area contributed by atoms with Gasteiger partial charge < -0.3 is 5.32 Å². The fraction of sp³-hybridized carbons (Fsp3) is 0.133. The summed E-state index contributed by atoms with van der Waals surface area (Å²) in [4.78, 5) is 11.0. The Labute approximate surface area is 142 Å². The average molecular weight is 434 g/mol. The normalized spacial score (nSPS) is 14.8. The lowest BCUT2D eigenvalue weighted by Gasteiger charge is -2.16. The van der Waals surface area contributed by atoms with E-state index in [0.29, 0.717) is 21.5 Å². The molecule has 108 valence electrons. The Kier molecular flexibility index (Phi) is 4.08. The molecule has 1 aliphatic rings. The fourth-order valence-electron chi connectivity index (χ4n) is 2.37. The van der Waals surface area contributed by atoms with E-state index < -0.39 is 4.83 Å². The van der Waals surface area contributed by atoms with Crippen molar-refractivity contribution in [1.82, 2.24) is 0 Å². The van der Waals surface area contributed by atoms with Gasteiger partial charge in [0.25, 0.3) is 0 Å². The van der Waals surface area contributed by atoms with Crippen LogP contribution in [0.3, 0.4) is 0 Å². The van der Waals surface area contributed by atoms with Gasteiger partial charge in [0.05, 0.1) is 11.2 Å². The molecule has 2 aromatic carbocycles. The van der Waals surface area contributed by atoms with Gasteiger partial charge in [-0.05, 0) is 29.3 Å². The molecule has 21 heavy (non-hydrogen) atoms. The summed E-state index contributed by atoms with van der Waals surface area (Å²) in [6.45, 7) is 0. The fourth-order valence-corrected chi connectivity index (χ4v) is 4.50. The molecule has 0 radical (unpaired) electrons. The molecule has 6 heteroatoms. The molecule has 0 saturated carbocycles. The number of halogens is 4. The Balaban J connectivity index is 2.09.